The van der Waals surface area contributed by atoms with Crippen molar-refractivity contribution in [2.75, 3.05) is 0 Å². The Hall–Kier alpha value is -1.10. The zero-order valence-corrected chi connectivity index (χ0v) is 11.8. The molecule has 18 heavy (non-hydrogen) atoms. The van der Waals surface area contributed by atoms with Crippen molar-refractivity contribution in [2.45, 2.75) is 27.1 Å². The largest absolute Gasteiger partial charge is 0.484 e. The fraction of sp³-hybridized carbons (Fsp3) is 0.308. The number of hydrogen-bond donors (Lipinski definition) is 1. The Morgan fingerprint density at radius 1 is 1.39 bits per heavy atom. The Morgan fingerprint density at radius 3 is 2.78 bits per heavy atom. The van der Waals surface area contributed by atoms with Crippen LogP contribution in [-0.4, -0.2) is 10.1 Å². The van der Waals surface area contributed by atoms with Crippen LogP contribution in [0.1, 0.15) is 21.1 Å². The third-order valence-corrected chi connectivity index (χ3v) is 3.98. The van der Waals surface area contributed by atoms with Crippen LogP contribution < -0.4 is 4.74 Å². The second-order valence-electron chi connectivity index (χ2n) is 3.92. The minimum Gasteiger partial charge on any atom is -0.484 e. The van der Waals surface area contributed by atoms with Gasteiger partial charge in [-0.15, -0.1) is 11.3 Å². The van der Waals surface area contributed by atoms with Gasteiger partial charge in [0.15, 0.2) is 0 Å². The Morgan fingerprint density at radius 2 is 2.17 bits per heavy atom. The number of aliphatic hydroxyl groups excluding tert-OH is 1. The van der Waals surface area contributed by atoms with Crippen LogP contribution in [0.2, 0.25) is 5.02 Å². The van der Waals surface area contributed by atoms with Gasteiger partial charge in [0.25, 0.3) is 0 Å². The van der Waals surface area contributed by atoms with E-state index in [0.29, 0.717) is 22.9 Å². The maximum absolute atomic E-state index is 9.24. The van der Waals surface area contributed by atoms with E-state index < -0.39 is 0 Å². The second-order valence-corrected chi connectivity index (χ2v) is 5.62. The summed E-state index contributed by atoms with van der Waals surface area (Å²) in [5.74, 6) is 0.534. The molecule has 2 aromatic rings. The van der Waals surface area contributed by atoms with E-state index in [1.165, 1.54) is 4.88 Å². The Balaban J connectivity index is 2.15. The van der Waals surface area contributed by atoms with E-state index in [1.54, 1.807) is 29.5 Å². The van der Waals surface area contributed by atoms with Crippen molar-refractivity contribution in [1.29, 1.82) is 0 Å². The van der Waals surface area contributed by atoms with E-state index >= 15 is 0 Å². The van der Waals surface area contributed by atoms with Crippen LogP contribution in [0.5, 0.6) is 5.75 Å². The predicted octanol–water partition coefficient (Wildman–Crippen LogP) is 3.48. The molecule has 0 amide bonds. The van der Waals surface area contributed by atoms with Crippen LogP contribution in [0.15, 0.2) is 18.2 Å². The predicted molar refractivity (Wildman–Crippen MR) is 73.3 cm³/mol. The zero-order chi connectivity index (χ0) is 13.1. The number of benzene rings is 1. The summed E-state index contributed by atoms with van der Waals surface area (Å²) in [6, 6.07) is 5.33. The van der Waals surface area contributed by atoms with E-state index in [1.807, 2.05) is 13.8 Å². The molecule has 2 rings (SSSR count). The van der Waals surface area contributed by atoms with Crippen LogP contribution in [-0.2, 0) is 13.2 Å². The van der Waals surface area contributed by atoms with Crippen molar-refractivity contribution < 1.29 is 9.84 Å². The van der Waals surface area contributed by atoms with Gasteiger partial charge in [0, 0.05) is 10.4 Å². The molecule has 0 atom stereocenters. The SMILES string of the molecule is Cc1nc(COc2c(Cl)cccc2CO)sc1C. The molecule has 5 heteroatoms. The van der Waals surface area contributed by atoms with Crippen molar-refractivity contribution in [3.05, 3.63) is 44.4 Å². The molecule has 96 valence electrons. The highest BCUT2D eigenvalue weighted by molar-refractivity contribution is 7.11. The highest BCUT2D eigenvalue weighted by Crippen LogP contribution is 2.30. The van der Waals surface area contributed by atoms with E-state index in [0.717, 1.165) is 10.7 Å². The van der Waals surface area contributed by atoms with Gasteiger partial charge in [0.05, 0.1) is 17.3 Å². The first-order chi connectivity index (χ1) is 8.61. The number of ether oxygens (including phenoxy) is 1. The van der Waals surface area contributed by atoms with Crippen molar-refractivity contribution in [3.63, 3.8) is 0 Å². The van der Waals surface area contributed by atoms with E-state index in [9.17, 15) is 5.11 Å². The second kappa shape index (κ2) is 5.69. The summed E-state index contributed by atoms with van der Waals surface area (Å²) in [5, 5.41) is 10.7. The monoisotopic (exact) mass is 283 g/mol. The highest BCUT2D eigenvalue weighted by Gasteiger charge is 2.10. The molecule has 0 radical (unpaired) electrons. The molecule has 1 heterocycles. The van der Waals surface area contributed by atoms with Crippen LogP contribution >= 0.6 is 22.9 Å². The molecule has 0 aliphatic rings. The summed E-state index contributed by atoms with van der Waals surface area (Å²) in [6.07, 6.45) is 0. The molecular weight excluding hydrogens is 270 g/mol. The van der Waals surface area contributed by atoms with Crippen LogP contribution in [0.3, 0.4) is 0 Å². The molecule has 0 bridgehead atoms. The average molecular weight is 284 g/mol. The zero-order valence-electron chi connectivity index (χ0n) is 10.2. The minimum absolute atomic E-state index is 0.0915. The van der Waals surface area contributed by atoms with Gasteiger partial charge in [-0.3, -0.25) is 0 Å². The lowest BCUT2D eigenvalue weighted by Gasteiger charge is -2.10. The van der Waals surface area contributed by atoms with Gasteiger partial charge < -0.3 is 9.84 Å². The van der Waals surface area contributed by atoms with Crippen LogP contribution in [0.4, 0.5) is 0 Å². The van der Waals surface area contributed by atoms with E-state index in [4.69, 9.17) is 16.3 Å². The summed E-state index contributed by atoms with van der Waals surface area (Å²) in [6.45, 7) is 4.29. The number of hydrogen-bond acceptors (Lipinski definition) is 4. The third kappa shape index (κ3) is 2.83. The molecule has 0 saturated heterocycles. The molecule has 1 aromatic carbocycles. The first-order valence-corrected chi connectivity index (χ1v) is 6.75. The van der Waals surface area contributed by atoms with E-state index in [2.05, 4.69) is 4.98 Å². The van der Waals surface area contributed by atoms with Crippen LogP contribution in [0.25, 0.3) is 0 Å². The lowest BCUT2D eigenvalue weighted by atomic mass is 10.2. The number of nitrogens with zero attached hydrogens (tertiary/aromatic N) is 1. The van der Waals surface area contributed by atoms with Crippen molar-refractivity contribution in [1.82, 2.24) is 4.98 Å². The number of thiazole rings is 1. The van der Waals surface area contributed by atoms with Crippen molar-refractivity contribution >= 4 is 22.9 Å². The fourth-order valence-corrected chi connectivity index (χ4v) is 2.67. The summed E-state index contributed by atoms with van der Waals surface area (Å²) in [5.41, 5.74) is 1.72. The first kappa shape index (κ1) is 13.3. The molecule has 0 spiro atoms. The normalized spacial score (nSPS) is 10.7. The Kier molecular flexibility index (Phi) is 4.22. The first-order valence-electron chi connectivity index (χ1n) is 5.55. The minimum atomic E-state index is -0.0915. The average Bonchev–Trinajstić information content (AvgIpc) is 2.67. The molecule has 0 aliphatic heterocycles. The molecule has 0 unspecified atom stereocenters. The molecule has 0 aliphatic carbocycles. The van der Waals surface area contributed by atoms with Gasteiger partial charge in [-0.25, -0.2) is 4.98 Å². The smallest absolute Gasteiger partial charge is 0.144 e. The number of aryl methyl sites for hydroxylation is 2. The quantitative estimate of drug-likeness (QED) is 0.934. The molecule has 1 N–H and O–H groups in total. The van der Waals surface area contributed by atoms with Gasteiger partial charge in [0.2, 0.25) is 0 Å². The lowest BCUT2D eigenvalue weighted by Crippen LogP contribution is -1.99. The van der Waals surface area contributed by atoms with Gasteiger partial charge in [-0.1, -0.05) is 23.7 Å². The van der Waals surface area contributed by atoms with Crippen molar-refractivity contribution in [3.8, 4) is 5.75 Å². The summed E-state index contributed by atoms with van der Waals surface area (Å²) < 4.78 is 5.67. The summed E-state index contributed by atoms with van der Waals surface area (Å²) in [4.78, 5) is 5.59. The standard InChI is InChI=1S/C13H14ClNO2S/c1-8-9(2)18-12(15-8)7-17-13-10(6-16)4-3-5-11(13)14/h3-5,16H,6-7H2,1-2H3. The lowest BCUT2D eigenvalue weighted by molar-refractivity contribution is 0.259. The third-order valence-electron chi connectivity index (χ3n) is 2.63. The number of rotatable bonds is 4. The Bertz CT molecular complexity index is 534. The van der Waals surface area contributed by atoms with Gasteiger partial charge >= 0.3 is 0 Å². The van der Waals surface area contributed by atoms with Gasteiger partial charge in [-0.05, 0) is 19.9 Å². The number of aromatic nitrogens is 1. The summed E-state index contributed by atoms with van der Waals surface area (Å²) >= 11 is 7.67. The summed E-state index contributed by atoms with van der Waals surface area (Å²) in [7, 11) is 0. The van der Waals surface area contributed by atoms with Gasteiger partial charge in [-0.2, -0.15) is 0 Å². The number of para-hydroxylation sites is 1. The molecular formula is C13H14ClNO2S. The molecule has 3 nitrogen and oxygen atoms in total. The van der Waals surface area contributed by atoms with Gasteiger partial charge in [0.1, 0.15) is 17.4 Å². The molecule has 0 saturated carbocycles. The number of halogens is 1. The Labute approximate surface area is 115 Å². The molecule has 1 aromatic heterocycles. The fourth-order valence-electron chi connectivity index (χ4n) is 1.57. The topological polar surface area (TPSA) is 42.4 Å². The van der Waals surface area contributed by atoms with E-state index in [-0.39, 0.29) is 6.61 Å². The number of aliphatic hydroxyl groups is 1. The van der Waals surface area contributed by atoms with Crippen LogP contribution in [0, 0.1) is 13.8 Å². The van der Waals surface area contributed by atoms with Crippen molar-refractivity contribution in [2.24, 2.45) is 0 Å². The maximum Gasteiger partial charge on any atom is 0.144 e. The maximum atomic E-state index is 9.24. The highest BCUT2D eigenvalue weighted by atomic mass is 35.5. The molecule has 0 fully saturated rings.